The molecule has 90 valence electrons. The maximum absolute atomic E-state index is 9.21. The van der Waals surface area contributed by atoms with E-state index >= 15 is 0 Å². The summed E-state index contributed by atoms with van der Waals surface area (Å²) in [6.07, 6.45) is 2.70. The average molecular weight is 257 g/mol. The Kier molecular flexibility index (Phi) is 3.64. The van der Waals surface area contributed by atoms with Gasteiger partial charge in [-0.15, -0.1) is 0 Å². The second-order valence-corrected chi connectivity index (χ2v) is 4.50. The molecule has 0 spiro atoms. The van der Waals surface area contributed by atoms with E-state index in [-0.39, 0.29) is 5.15 Å². The molecule has 0 saturated heterocycles. The van der Waals surface area contributed by atoms with Crippen LogP contribution >= 0.6 is 11.6 Å². The lowest BCUT2D eigenvalue weighted by Crippen LogP contribution is -1.93. The van der Waals surface area contributed by atoms with Crippen LogP contribution in [0.3, 0.4) is 0 Å². The molecule has 0 N–H and O–H groups in total. The molecule has 0 radical (unpaired) electrons. The van der Waals surface area contributed by atoms with Gasteiger partial charge in [0.25, 0.3) is 0 Å². The lowest BCUT2D eigenvalue weighted by Gasteiger charge is -2.09. The third-order valence-corrected chi connectivity index (χ3v) is 3.27. The van der Waals surface area contributed by atoms with Gasteiger partial charge in [0.05, 0.1) is 5.56 Å². The van der Waals surface area contributed by atoms with Gasteiger partial charge in [-0.1, -0.05) is 42.8 Å². The van der Waals surface area contributed by atoms with E-state index in [1.54, 1.807) is 6.20 Å². The SMILES string of the molecule is CCc1ccc(-c2c(C)cnc(Cl)c2C#N)cc1. The molecule has 0 amide bonds. The van der Waals surface area contributed by atoms with Crippen LogP contribution in [0.5, 0.6) is 0 Å². The zero-order chi connectivity index (χ0) is 13.1. The number of aryl methyl sites for hydroxylation is 2. The molecule has 0 fully saturated rings. The quantitative estimate of drug-likeness (QED) is 0.757. The average Bonchev–Trinajstić information content (AvgIpc) is 2.41. The van der Waals surface area contributed by atoms with Gasteiger partial charge >= 0.3 is 0 Å². The maximum Gasteiger partial charge on any atom is 0.147 e. The number of pyridine rings is 1. The van der Waals surface area contributed by atoms with Crippen LogP contribution in [0.4, 0.5) is 0 Å². The Morgan fingerprint density at radius 3 is 2.50 bits per heavy atom. The van der Waals surface area contributed by atoms with Gasteiger partial charge in [0.1, 0.15) is 11.2 Å². The van der Waals surface area contributed by atoms with Gasteiger partial charge in [-0.3, -0.25) is 0 Å². The van der Waals surface area contributed by atoms with E-state index in [4.69, 9.17) is 11.6 Å². The molecule has 3 heteroatoms. The van der Waals surface area contributed by atoms with Crippen LogP contribution in [-0.4, -0.2) is 4.98 Å². The van der Waals surface area contributed by atoms with E-state index in [2.05, 4.69) is 30.1 Å². The van der Waals surface area contributed by atoms with E-state index in [1.807, 2.05) is 19.1 Å². The zero-order valence-electron chi connectivity index (χ0n) is 10.4. The fourth-order valence-electron chi connectivity index (χ4n) is 1.96. The molecule has 0 aliphatic carbocycles. The minimum Gasteiger partial charge on any atom is -0.243 e. The molecule has 2 rings (SSSR count). The van der Waals surface area contributed by atoms with Crippen molar-refractivity contribution in [2.45, 2.75) is 20.3 Å². The summed E-state index contributed by atoms with van der Waals surface area (Å²) in [5.41, 5.74) is 4.56. The number of hydrogen-bond acceptors (Lipinski definition) is 2. The second kappa shape index (κ2) is 5.20. The smallest absolute Gasteiger partial charge is 0.147 e. The molecular formula is C15H13ClN2. The molecule has 0 unspecified atom stereocenters. The van der Waals surface area contributed by atoms with Crippen LogP contribution in [0.15, 0.2) is 30.5 Å². The number of rotatable bonds is 2. The summed E-state index contributed by atoms with van der Waals surface area (Å²) in [4.78, 5) is 4.01. The van der Waals surface area contributed by atoms with Gasteiger partial charge in [-0.25, -0.2) is 4.98 Å². The van der Waals surface area contributed by atoms with Crippen molar-refractivity contribution in [1.82, 2.24) is 4.98 Å². The van der Waals surface area contributed by atoms with Crippen LogP contribution < -0.4 is 0 Å². The van der Waals surface area contributed by atoms with Gasteiger partial charge in [-0.05, 0) is 30.0 Å². The van der Waals surface area contributed by atoms with Crippen molar-refractivity contribution >= 4 is 11.6 Å². The second-order valence-electron chi connectivity index (χ2n) is 4.14. The topological polar surface area (TPSA) is 36.7 Å². The number of aromatic nitrogens is 1. The Bertz CT molecular complexity index is 610. The largest absolute Gasteiger partial charge is 0.243 e. The first-order valence-electron chi connectivity index (χ1n) is 5.82. The normalized spacial score (nSPS) is 10.1. The first kappa shape index (κ1) is 12.6. The van der Waals surface area contributed by atoms with Crippen molar-refractivity contribution in [2.75, 3.05) is 0 Å². The van der Waals surface area contributed by atoms with Gasteiger partial charge in [0, 0.05) is 11.8 Å². The number of halogens is 1. The molecule has 1 aromatic heterocycles. The molecule has 0 saturated carbocycles. The van der Waals surface area contributed by atoms with Crippen LogP contribution in [0, 0.1) is 18.3 Å². The molecule has 18 heavy (non-hydrogen) atoms. The highest BCUT2D eigenvalue weighted by atomic mass is 35.5. The van der Waals surface area contributed by atoms with E-state index in [1.165, 1.54) is 5.56 Å². The van der Waals surface area contributed by atoms with Crippen LogP contribution in [0.1, 0.15) is 23.6 Å². The highest BCUT2D eigenvalue weighted by Gasteiger charge is 2.12. The fraction of sp³-hybridized carbons (Fsp3) is 0.200. The number of benzene rings is 1. The standard InChI is InChI=1S/C15H13ClN2/c1-3-11-4-6-12(7-5-11)14-10(2)9-18-15(16)13(14)8-17/h4-7,9H,3H2,1-2H3. The minimum atomic E-state index is 0.262. The number of nitriles is 1. The van der Waals surface area contributed by atoms with Crippen LogP contribution in [0.2, 0.25) is 5.15 Å². The van der Waals surface area contributed by atoms with Crippen molar-refractivity contribution < 1.29 is 0 Å². The van der Waals surface area contributed by atoms with E-state index < -0.39 is 0 Å². The van der Waals surface area contributed by atoms with Crippen LogP contribution in [0.25, 0.3) is 11.1 Å². The summed E-state index contributed by atoms with van der Waals surface area (Å²) in [6.45, 7) is 4.05. The predicted octanol–water partition coefficient (Wildman–Crippen LogP) is 4.14. The van der Waals surface area contributed by atoms with E-state index in [0.29, 0.717) is 5.56 Å². The highest BCUT2D eigenvalue weighted by Crippen LogP contribution is 2.30. The van der Waals surface area contributed by atoms with Gasteiger partial charge in [0.15, 0.2) is 0 Å². The molecule has 0 aliphatic heterocycles. The Morgan fingerprint density at radius 1 is 1.28 bits per heavy atom. The van der Waals surface area contributed by atoms with Crippen molar-refractivity contribution in [3.8, 4) is 17.2 Å². The minimum absolute atomic E-state index is 0.262. The lowest BCUT2D eigenvalue weighted by molar-refractivity contribution is 1.14. The molecule has 2 aromatic rings. The summed E-state index contributed by atoms with van der Waals surface area (Å²) in [5, 5.41) is 9.47. The Labute approximate surface area is 112 Å². The van der Waals surface area contributed by atoms with Crippen molar-refractivity contribution in [1.29, 1.82) is 5.26 Å². The predicted molar refractivity (Wildman–Crippen MR) is 73.5 cm³/mol. The molecule has 1 heterocycles. The monoisotopic (exact) mass is 256 g/mol. The highest BCUT2D eigenvalue weighted by molar-refractivity contribution is 6.31. The van der Waals surface area contributed by atoms with Crippen LogP contribution in [-0.2, 0) is 6.42 Å². The Morgan fingerprint density at radius 2 is 1.94 bits per heavy atom. The van der Waals surface area contributed by atoms with Crippen molar-refractivity contribution in [3.63, 3.8) is 0 Å². The first-order chi connectivity index (χ1) is 8.67. The molecule has 0 bridgehead atoms. The number of hydrogen-bond donors (Lipinski definition) is 0. The molecule has 2 nitrogen and oxygen atoms in total. The van der Waals surface area contributed by atoms with Gasteiger partial charge in [0.2, 0.25) is 0 Å². The molecular weight excluding hydrogens is 244 g/mol. The Hall–Kier alpha value is -1.85. The van der Waals surface area contributed by atoms with E-state index in [9.17, 15) is 5.26 Å². The number of nitrogens with zero attached hydrogens (tertiary/aromatic N) is 2. The van der Waals surface area contributed by atoms with Crippen molar-refractivity contribution in [2.24, 2.45) is 0 Å². The van der Waals surface area contributed by atoms with E-state index in [0.717, 1.165) is 23.1 Å². The molecule has 0 atom stereocenters. The summed E-state index contributed by atoms with van der Waals surface area (Å²) in [7, 11) is 0. The zero-order valence-corrected chi connectivity index (χ0v) is 11.1. The lowest BCUT2D eigenvalue weighted by atomic mass is 9.97. The summed E-state index contributed by atoms with van der Waals surface area (Å²) >= 11 is 5.98. The van der Waals surface area contributed by atoms with Crippen molar-refractivity contribution in [3.05, 3.63) is 52.3 Å². The summed E-state index contributed by atoms with van der Waals surface area (Å²) in [5.74, 6) is 0. The summed E-state index contributed by atoms with van der Waals surface area (Å²) < 4.78 is 0. The molecule has 0 aliphatic rings. The third kappa shape index (κ3) is 2.23. The van der Waals surface area contributed by atoms with Gasteiger partial charge in [-0.2, -0.15) is 5.26 Å². The summed E-state index contributed by atoms with van der Waals surface area (Å²) in [6, 6.07) is 10.3. The maximum atomic E-state index is 9.21. The first-order valence-corrected chi connectivity index (χ1v) is 6.19. The fourth-order valence-corrected chi connectivity index (χ4v) is 2.15. The molecule has 1 aromatic carbocycles. The van der Waals surface area contributed by atoms with Gasteiger partial charge < -0.3 is 0 Å². The third-order valence-electron chi connectivity index (χ3n) is 2.98. The Balaban J connectivity index is 2.63.